The average molecular weight is 257 g/mol. The molecule has 0 aliphatic carbocycles. The highest BCUT2D eigenvalue weighted by Crippen LogP contribution is 2.14. The predicted molar refractivity (Wildman–Crippen MR) is 74.8 cm³/mol. The molecule has 3 heteroatoms. The summed E-state index contributed by atoms with van der Waals surface area (Å²) in [5.41, 5.74) is 2.78. The van der Waals surface area contributed by atoms with Crippen molar-refractivity contribution in [1.82, 2.24) is 0 Å². The second kappa shape index (κ2) is 6.09. The molecule has 2 rings (SSSR count). The summed E-state index contributed by atoms with van der Waals surface area (Å²) in [4.78, 5) is 0. The van der Waals surface area contributed by atoms with E-state index < -0.39 is 0 Å². The fourth-order valence-corrected chi connectivity index (χ4v) is 1.85. The van der Waals surface area contributed by atoms with E-state index in [1.165, 1.54) is 5.56 Å². The molecule has 0 amide bonds. The highest BCUT2D eigenvalue weighted by atomic mass is 35.5. The maximum Gasteiger partial charge on any atom is 0.101 e. The van der Waals surface area contributed by atoms with Crippen molar-refractivity contribution in [3.63, 3.8) is 0 Å². The van der Waals surface area contributed by atoms with Gasteiger partial charge in [-0.3, -0.25) is 0 Å². The van der Waals surface area contributed by atoms with Gasteiger partial charge in [0.05, 0.1) is 11.3 Å². The monoisotopic (exact) mass is 256 g/mol. The fraction of sp³-hybridized carbons (Fsp3) is 0.133. The molecule has 0 heterocycles. The van der Waals surface area contributed by atoms with Gasteiger partial charge in [-0.15, -0.1) is 0 Å². The maximum atomic E-state index is 8.96. The van der Waals surface area contributed by atoms with Crippen LogP contribution in [0.15, 0.2) is 48.5 Å². The Labute approximate surface area is 112 Å². The molecule has 0 saturated carbocycles. The van der Waals surface area contributed by atoms with Crippen LogP contribution in [-0.2, 0) is 6.42 Å². The second-order valence-corrected chi connectivity index (χ2v) is 4.40. The SMILES string of the molecule is N#Cc1ccccc1NCCc1ccc(Cl)cc1. The minimum Gasteiger partial charge on any atom is -0.384 e. The van der Waals surface area contributed by atoms with Crippen LogP contribution in [0.25, 0.3) is 0 Å². The molecule has 0 atom stereocenters. The molecule has 2 aromatic rings. The number of hydrogen-bond donors (Lipinski definition) is 1. The third-order valence-electron chi connectivity index (χ3n) is 2.69. The Morgan fingerprint density at radius 3 is 2.50 bits per heavy atom. The summed E-state index contributed by atoms with van der Waals surface area (Å²) in [6, 6.07) is 17.5. The largest absolute Gasteiger partial charge is 0.384 e. The van der Waals surface area contributed by atoms with Gasteiger partial charge in [-0.25, -0.2) is 0 Å². The Balaban J connectivity index is 1.93. The molecule has 0 radical (unpaired) electrons. The first kappa shape index (κ1) is 12.5. The highest BCUT2D eigenvalue weighted by Gasteiger charge is 1.99. The number of para-hydroxylation sites is 1. The summed E-state index contributed by atoms with van der Waals surface area (Å²) >= 11 is 5.83. The molecule has 0 bridgehead atoms. The van der Waals surface area contributed by atoms with E-state index in [4.69, 9.17) is 16.9 Å². The Hall–Kier alpha value is -1.98. The number of rotatable bonds is 4. The lowest BCUT2D eigenvalue weighted by atomic mass is 10.1. The number of nitriles is 1. The van der Waals surface area contributed by atoms with Gasteiger partial charge in [-0.1, -0.05) is 35.9 Å². The summed E-state index contributed by atoms with van der Waals surface area (Å²) in [5, 5.41) is 13.0. The minimum atomic E-state index is 0.675. The first-order valence-corrected chi connectivity index (χ1v) is 6.15. The number of nitrogens with one attached hydrogen (secondary N) is 1. The van der Waals surface area contributed by atoms with Crippen molar-refractivity contribution in [2.75, 3.05) is 11.9 Å². The number of halogens is 1. The van der Waals surface area contributed by atoms with E-state index in [1.807, 2.05) is 48.5 Å². The van der Waals surface area contributed by atoms with Crippen molar-refractivity contribution in [2.45, 2.75) is 6.42 Å². The van der Waals surface area contributed by atoms with Gasteiger partial charge in [0, 0.05) is 11.6 Å². The van der Waals surface area contributed by atoms with Gasteiger partial charge >= 0.3 is 0 Å². The third-order valence-corrected chi connectivity index (χ3v) is 2.94. The smallest absolute Gasteiger partial charge is 0.101 e. The van der Waals surface area contributed by atoms with Crippen molar-refractivity contribution in [1.29, 1.82) is 5.26 Å². The molecule has 2 aromatic carbocycles. The summed E-state index contributed by atoms with van der Waals surface area (Å²) < 4.78 is 0. The Kier molecular flexibility index (Phi) is 4.22. The van der Waals surface area contributed by atoms with Gasteiger partial charge < -0.3 is 5.32 Å². The number of benzene rings is 2. The molecule has 90 valence electrons. The van der Waals surface area contributed by atoms with E-state index >= 15 is 0 Å². The predicted octanol–water partition coefficient (Wildman–Crippen LogP) is 3.87. The lowest BCUT2D eigenvalue weighted by Gasteiger charge is -2.07. The van der Waals surface area contributed by atoms with Crippen molar-refractivity contribution in [3.8, 4) is 6.07 Å². The Bertz CT molecular complexity index is 555. The molecule has 0 aliphatic heterocycles. The number of hydrogen-bond acceptors (Lipinski definition) is 2. The van der Waals surface area contributed by atoms with Gasteiger partial charge in [0.1, 0.15) is 6.07 Å². The van der Waals surface area contributed by atoms with Crippen LogP contribution in [0.1, 0.15) is 11.1 Å². The zero-order valence-electron chi connectivity index (χ0n) is 9.86. The van der Waals surface area contributed by atoms with Gasteiger partial charge in [0.15, 0.2) is 0 Å². The average Bonchev–Trinajstić information content (AvgIpc) is 2.41. The molecule has 0 unspecified atom stereocenters. The van der Waals surface area contributed by atoms with Crippen LogP contribution in [-0.4, -0.2) is 6.54 Å². The molecule has 1 N–H and O–H groups in total. The summed E-state index contributed by atoms with van der Waals surface area (Å²) in [5.74, 6) is 0. The van der Waals surface area contributed by atoms with Crippen LogP contribution in [0.4, 0.5) is 5.69 Å². The Morgan fingerprint density at radius 2 is 1.78 bits per heavy atom. The molecule has 0 saturated heterocycles. The molecular formula is C15H13ClN2. The standard InChI is InChI=1S/C15H13ClN2/c16-14-7-5-12(6-8-14)9-10-18-15-4-2-1-3-13(15)11-17/h1-8,18H,9-10H2. The lowest BCUT2D eigenvalue weighted by Crippen LogP contribution is -2.05. The summed E-state index contributed by atoms with van der Waals surface area (Å²) in [6.45, 7) is 0.792. The van der Waals surface area contributed by atoms with Gasteiger partial charge in [-0.2, -0.15) is 5.26 Å². The van der Waals surface area contributed by atoms with Crippen LogP contribution in [0.5, 0.6) is 0 Å². The minimum absolute atomic E-state index is 0.675. The van der Waals surface area contributed by atoms with E-state index in [-0.39, 0.29) is 0 Å². The quantitative estimate of drug-likeness (QED) is 0.902. The molecule has 0 aliphatic rings. The van der Waals surface area contributed by atoms with Crippen LogP contribution < -0.4 is 5.32 Å². The third kappa shape index (κ3) is 3.26. The van der Waals surface area contributed by atoms with Crippen molar-refractivity contribution < 1.29 is 0 Å². The maximum absolute atomic E-state index is 8.96. The Morgan fingerprint density at radius 1 is 1.06 bits per heavy atom. The zero-order chi connectivity index (χ0) is 12.8. The van der Waals surface area contributed by atoms with Crippen molar-refractivity contribution in [2.24, 2.45) is 0 Å². The number of nitrogens with zero attached hydrogens (tertiary/aromatic N) is 1. The van der Waals surface area contributed by atoms with Gasteiger partial charge in [0.2, 0.25) is 0 Å². The van der Waals surface area contributed by atoms with E-state index in [2.05, 4.69) is 11.4 Å². The normalized spacial score (nSPS) is 9.78. The first-order valence-electron chi connectivity index (χ1n) is 5.77. The van der Waals surface area contributed by atoms with Crippen molar-refractivity contribution >= 4 is 17.3 Å². The lowest BCUT2D eigenvalue weighted by molar-refractivity contribution is 1.02. The molecule has 0 spiro atoms. The molecule has 0 aromatic heterocycles. The van der Waals surface area contributed by atoms with E-state index in [0.717, 1.165) is 23.7 Å². The van der Waals surface area contributed by atoms with E-state index in [9.17, 15) is 0 Å². The summed E-state index contributed by atoms with van der Waals surface area (Å²) in [6.07, 6.45) is 0.900. The van der Waals surface area contributed by atoms with Gasteiger partial charge in [0.25, 0.3) is 0 Å². The molecule has 2 nitrogen and oxygen atoms in total. The van der Waals surface area contributed by atoms with E-state index in [0.29, 0.717) is 5.56 Å². The number of anilines is 1. The molecule has 18 heavy (non-hydrogen) atoms. The van der Waals surface area contributed by atoms with Crippen molar-refractivity contribution in [3.05, 3.63) is 64.7 Å². The van der Waals surface area contributed by atoms with Crippen LogP contribution in [0, 0.1) is 11.3 Å². The zero-order valence-corrected chi connectivity index (χ0v) is 10.6. The molecule has 0 fully saturated rings. The topological polar surface area (TPSA) is 35.8 Å². The van der Waals surface area contributed by atoms with E-state index in [1.54, 1.807) is 0 Å². The van der Waals surface area contributed by atoms with Gasteiger partial charge in [-0.05, 0) is 36.2 Å². The highest BCUT2D eigenvalue weighted by molar-refractivity contribution is 6.30. The summed E-state index contributed by atoms with van der Waals surface area (Å²) in [7, 11) is 0. The molecular weight excluding hydrogens is 244 g/mol. The van der Waals surface area contributed by atoms with Crippen LogP contribution in [0.2, 0.25) is 5.02 Å². The fourth-order valence-electron chi connectivity index (χ4n) is 1.73. The second-order valence-electron chi connectivity index (χ2n) is 3.96. The van der Waals surface area contributed by atoms with Crippen LogP contribution in [0.3, 0.4) is 0 Å². The van der Waals surface area contributed by atoms with Crippen LogP contribution >= 0.6 is 11.6 Å². The first-order chi connectivity index (χ1) is 8.79.